The Kier molecular flexibility index (Phi) is 4.90. The summed E-state index contributed by atoms with van der Waals surface area (Å²) >= 11 is 0. The Morgan fingerprint density at radius 1 is 1.22 bits per heavy atom. The van der Waals surface area contributed by atoms with Crippen molar-refractivity contribution in [2.24, 2.45) is 5.73 Å². The van der Waals surface area contributed by atoms with Gasteiger partial charge in [-0.15, -0.1) is 0 Å². The monoisotopic (exact) mass is 270 g/mol. The first kappa shape index (κ1) is 15.1. The van der Waals surface area contributed by atoms with Gasteiger partial charge < -0.3 is 5.73 Å². The average molecular weight is 270 g/mol. The van der Waals surface area contributed by atoms with Crippen LogP contribution < -0.4 is 5.73 Å². The number of nitrogens with two attached hydrogens (primary N) is 1. The van der Waals surface area contributed by atoms with Crippen LogP contribution >= 0.6 is 0 Å². The minimum absolute atomic E-state index is 0.0614. The van der Waals surface area contributed by atoms with E-state index < -0.39 is 10.0 Å². The number of rotatable bonds is 5. The molecule has 5 heteroatoms. The van der Waals surface area contributed by atoms with E-state index in [1.165, 1.54) is 18.4 Å². The van der Waals surface area contributed by atoms with Crippen LogP contribution in [0.4, 0.5) is 0 Å². The van der Waals surface area contributed by atoms with Gasteiger partial charge in [0.25, 0.3) is 0 Å². The van der Waals surface area contributed by atoms with Crippen molar-refractivity contribution in [3.63, 3.8) is 0 Å². The maximum atomic E-state index is 11.9. The summed E-state index contributed by atoms with van der Waals surface area (Å²) < 4.78 is 25.0. The lowest BCUT2D eigenvalue weighted by molar-refractivity contribution is 0.520. The Morgan fingerprint density at radius 2 is 1.72 bits per heavy atom. The Balaban J connectivity index is 3.07. The van der Waals surface area contributed by atoms with E-state index in [4.69, 9.17) is 5.73 Å². The molecule has 0 saturated heterocycles. The first-order chi connectivity index (χ1) is 8.30. The molecule has 0 bridgehead atoms. The normalized spacial score (nSPS) is 15.7. The highest BCUT2D eigenvalue weighted by molar-refractivity contribution is 7.89. The molecule has 1 aromatic carbocycles. The topological polar surface area (TPSA) is 63.4 Å². The van der Waals surface area contributed by atoms with Crippen molar-refractivity contribution >= 4 is 10.0 Å². The van der Waals surface area contributed by atoms with Crippen molar-refractivity contribution in [2.45, 2.75) is 37.1 Å². The van der Waals surface area contributed by atoms with Gasteiger partial charge >= 0.3 is 0 Å². The third-order valence-electron chi connectivity index (χ3n) is 3.16. The van der Waals surface area contributed by atoms with Gasteiger partial charge in [0, 0.05) is 20.1 Å². The summed E-state index contributed by atoms with van der Waals surface area (Å²) in [5.41, 5.74) is 7.01. The van der Waals surface area contributed by atoms with E-state index in [1.807, 2.05) is 19.1 Å². The number of nitrogens with zero attached hydrogens (tertiary/aromatic N) is 1. The minimum Gasteiger partial charge on any atom is -0.327 e. The SMILES string of the molecule is CCC(c1ccc(S(=O)(=O)N(C)C)cc1)C(C)N. The lowest BCUT2D eigenvalue weighted by atomic mass is 9.91. The van der Waals surface area contributed by atoms with Gasteiger partial charge in [-0.2, -0.15) is 0 Å². The molecule has 0 aliphatic rings. The van der Waals surface area contributed by atoms with Gasteiger partial charge in [0.05, 0.1) is 4.90 Å². The zero-order valence-corrected chi connectivity index (χ0v) is 12.2. The van der Waals surface area contributed by atoms with Gasteiger partial charge in [0.1, 0.15) is 0 Å². The van der Waals surface area contributed by atoms with E-state index in [0.29, 0.717) is 4.90 Å². The number of benzene rings is 1. The molecule has 1 rings (SSSR count). The second-order valence-corrected chi connectivity index (χ2v) is 6.88. The quantitative estimate of drug-likeness (QED) is 0.887. The standard InChI is InChI=1S/C13H22N2O2S/c1-5-13(10(2)14)11-6-8-12(9-7-11)18(16,17)15(3)4/h6-10,13H,5,14H2,1-4H3. The minimum atomic E-state index is -3.34. The maximum Gasteiger partial charge on any atom is 0.242 e. The zero-order chi connectivity index (χ0) is 13.9. The molecule has 0 amide bonds. The summed E-state index contributed by atoms with van der Waals surface area (Å²) in [7, 11) is -0.289. The molecule has 18 heavy (non-hydrogen) atoms. The Morgan fingerprint density at radius 3 is 2.06 bits per heavy atom. The molecular weight excluding hydrogens is 248 g/mol. The molecule has 2 unspecified atom stereocenters. The van der Waals surface area contributed by atoms with Crippen LogP contribution in [0, 0.1) is 0 Å². The van der Waals surface area contributed by atoms with Gasteiger partial charge in [-0.05, 0) is 37.0 Å². The van der Waals surface area contributed by atoms with Gasteiger partial charge in [-0.1, -0.05) is 19.1 Å². The van der Waals surface area contributed by atoms with E-state index in [9.17, 15) is 8.42 Å². The largest absolute Gasteiger partial charge is 0.327 e. The fourth-order valence-electron chi connectivity index (χ4n) is 2.01. The first-order valence-corrected chi connectivity index (χ1v) is 7.52. The fourth-order valence-corrected chi connectivity index (χ4v) is 2.91. The highest BCUT2D eigenvalue weighted by Gasteiger charge is 2.19. The van der Waals surface area contributed by atoms with Crippen LogP contribution in [0.3, 0.4) is 0 Å². The molecule has 0 saturated carbocycles. The molecule has 0 fully saturated rings. The summed E-state index contributed by atoms with van der Waals surface area (Å²) in [4.78, 5) is 0.316. The molecular formula is C13H22N2O2S. The van der Waals surface area contributed by atoms with Crippen LogP contribution in [-0.2, 0) is 10.0 Å². The lowest BCUT2D eigenvalue weighted by Crippen LogP contribution is -2.25. The summed E-state index contributed by atoms with van der Waals surface area (Å²) in [5, 5.41) is 0. The highest BCUT2D eigenvalue weighted by atomic mass is 32.2. The third kappa shape index (κ3) is 3.10. The van der Waals surface area contributed by atoms with Crippen molar-refractivity contribution in [1.29, 1.82) is 0 Å². The summed E-state index contributed by atoms with van der Waals surface area (Å²) in [6, 6.07) is 7.07. The molecule has 2 atom stereocenters. The molecule has 0 spiro atoms. The van der Waals surface area contributed by atoms with Crippen molar-refractivity contribution in [3.8, 4) is 0 Å². The van der Waals surface area contributed by atoms with E-state index in [-0.39, 0.29) is 12.0 Å². The molecule has 102 valence electrons. The molecule has 0 aromatic heterocycles. The van der Waals surface area contributed by atoms with Crippen LogP contribution in [0.1, 0.15) is 31.7 Å². The van der Waals surface area contributed by atoms with E-state index in [0.717, 1.165) is 12.0 Å². The number of sulfonamides is 1. The summed E-state index contributed by atoms with van der Waals surface area (Å²) in [6.07, 6.45) is 0.942. The molecule has 0 heterocycles. The maximum absolute atomic E-state index is 11.9. The van der Waals surface area contributed by atoms with Gasteiger partial charge in [0.15, 0.2) is 0 Å². The fraction of sp³-hybridized carbons (Fsp3) is 0.538. The second kappa shape index (κ2) is 5.82. The van der Waals surface area contributed by atoms with E-state index in [1.54, 1.807) is 12.1 Å². The van der Waals surface area contributed by atoms with Crippen LogP contribution in [0.15, 0.2) is 29.2 Å². The molecule has 4 nitrogen and oxygen atoms in total. The second-order valence-electron chi connectivity index (χ2n) is 4.73. The Bertz CT molecular complexity index is 478. The first-order valence-electron chi connectivity index (χ1n) is 6.08. The van der Waals surface area contributed by atoms with Crippen molar-refractivity contribution in [1.82, 2.24) is 4.31 Å². The zero-order valence-electron chi connectivity index (χ0n) is 11.4. The predicted molar refractivity (Wildman–Crippen MR) is 74.0 cm³/mol. The third-order valence-corrected chi connectivity index (χ3v) is 4.99. The number of hydrogen-bond acceptors (Lipinski definition) is 3. The average Bonchev–Trinajstić information content (AvgIpc) is 2.30. The summed E-state index contributed by atoms with van der Waals surface area (Å²) in [5.74, 6) is 0.265. The van der Waals surface area contributed by atoms with Crippen molar-refractivity contribution in [2.75, 3.05) is 14.1 Å². The number of hydrogen-bond donors (Lipinski definition) is 1. The molecule has 0 aliphatic carbocycles. The van der Waals surface area contributed by atoms with Crippen molar-refractivity contribution < 1.29 is 8.42 Å². The Hall–Kier alpha value is -0.910. The molecule has 0 aliphatic heterocycles. The lowest BCUT2D eigenvalue weighted by Gasteiger charge is -2.20. The molecule has 1 aromatic rings. The highest BCUT2D eigenvalue weighted by Crippen LogP contribution is 2.24. The Labute approximate surface area is 110 Å². The molecule has 2 N–H and O–H groups in total. The van der Waals surface area contributed by atoms with Gasteiger partial charge in [0.2, 0.25) is 10.0 Å². The van der Waals surface area contributed by atoms with Gasteiger partial charge in [-0.25, -0.2) is 12.7 Å². The van der Waals surface area contributed by atoms with Crippen LogP contribution in [0.25, 0.3) is 0 Å². The van der Waals surface area contributed by atoms with E-state index >= 15 is 0 Å². The van der Waals surface area contributed by atoms with Crippen LogP contribution in [0.2, 0.25) is 0 Å². The van der Waals surface area contributed by atoms with Crippen molar-refractivity contribution in [3.05, 3.63) is 29.8 Å². The summed E-state index contributed by atoms with van der Waals surface area (Å²) in [6.45, 7) is 4.05. The van der Waals surface area contributed by atoms with Gasteiger partial charge in [-0.3, -0.25) is 0 Å². The van der Waals surface area contributed by atoms with E-state index in [2.05, 4.69) is 6.92 Å². The van der Waals surface area contributed by atoms with Crippen LogP contribution in [-0.4, -0.2) is 32.9 Å². The van der Waals surface area contributed by atoms with Crippen LogP contribution in [0.5, 0.6) is 0 Å². The molecule has 0 radical (unpaired) electrons. The predicted octanol–water partition coefficient (Wildman–Crippen LogP) is 1.78. The smallest absolute Gasteiger partial charge is 0.242 e.